The normalized spacial score (nSPS) is 20.5. The van der Waals surface area contributed by atoms with E-state index in [9.17, 15) is 19.1 Å². The molecule has 2 aliphatic carbocycles. The summed E-state index contributed by atoms with van der Waals surface area (Å²) >= 11 is 0. The molecule has 1 amide bonds. The molecular formula is C31H41FN2O3. The Morgan fingerprint density at radius 2 is 1.76 bits per heavy atom. The van der Waals surface area contributed by atoms with Crippen LogP contribution in [0.5, 0.6) is 0 Å². The maximum absolute atomic E-state index is 13.6. The van der Waals surface area contributed by atoms with Gasteiger partial charge in [-0.05, 0) is 66.3 Å². The molecule has 1 saturated carbocycles. The molecule has 0 aromatic heterocycles. The number of Topliss-reactive ketones (excluding diaryl/α,β-unsaturated/α-hetero) is 1. The Hall–Kier alpha value is -2.57. The Labute approximate surface area is 220 Å². The van der Waals surface area contributed by atoms with Crippen molar-refractivity contribution in [3.05, 3.63) is 70.5 Å². The largest absolute Gasteiger partial charge is 0.390 e. The molecule has 1 fully saturated rings. The second-order valence-corrected chi connectivity index (χ2v) is 12.3. The summed E-state index contributed by atoms with van der Waals surface area (Å²) in [5, 5.41) is 17.6. The molecule has 3 atom stereocenters. The van der Waals surface area contributed by atoms with E-state index in [1.165, 1.54) is 24.6 Å². The Bertz CT molecular complexity index is 1120. The van der Waals surface area contributed by atoms with E-state index in [0.717, 1.165) is 55.2 Å². The fourth-order valence-corrected chi connectivity index (χ4v) is 6.20. The lowest BCUT2D eigenvalue weighted by molar-refractivity contribution is -0.120. The summed E-state index contributed by atoms with van der Waals surface area (Å²) in [6, 6.07) is 11.8. The zero-order valence-electron chi connectivity index (χ0n) is 22.6. The number of hydrogen-bond donors (Lipinski definition) is 3. The summed E-state index contributed by atoms with van der Waals surface area (Å²) in [7, 11) is 0. The minimum absolute atomic E-state index is 0.0517. The van der Waals surface area contributed by atoms with Crippen molar-refractivity contribution in [2.24, 2.45) is 10.8 Å². The van der Waals surface area contributed by atoms with Crippen molar-refractivity contribution in [1.29, 1.82) is 0 Å². The monoisotopic (exact) mass is 508 g/mol. The maximum atomic E-state index is 13.6. The smallest absolute Gasteiger partial charge is 0.217 e. The highest BCUT2D eigenvalue weighted by Crippen LogP contribution is 2.51. The summed E-state index contributed by atoms with van der Waals surface area (Å²) in [6.45, 7) is 8.33. The molecule has 3 N–H and O–H groups in total. The van der Waals surface area contributed by atoms with Crippen molar-refractivity contribution in [2.75, 3.05) is 6.54 Å². The minimum atomic E-state index is -0.854. The van der Waals surface area contributed by atoms with Crippen LogP contribution >= 0.6 is 0 Å². The molecule has 0 unspecified atom stereocenters. The molecule has 1 spiro atoms. The van der Waals surface area contributed by atoms with Gasteiger partial charge in [-0.25, -0.2) is 4.39 Å². The molecule has 6 heteroatoms. The number of hydrogen-bond acceptors (Lipinski definition) is 4. The molecule has 5 nitrogen and oxygen atoms in total. The molecule has 4 rings (SSSR count). The van der Waals surface area contributed by atoms with Gasteiger partial charge in [-0.15, -0.1) is 0 Å². The van der Waals surface area contributed by atoms with E-state index in [1.54, 1.807) is 12.1 Å². The molecule has 0 heterocycles. The van der Waals surface area contributed by atoms with Crippen LogP contribution in [0, 0.1) is 16.6 Å². The lowest BCUT2D eigenvalue weighted by atomic mass is 9.67. The number of carbonyl (C=O) groups is 2. The number of carbonyl (C=O) groups excluding carboxylic acids is 2. The van der Waals surface area contributed by atoms with Crippen molar-refractivity contribution in [3.63, 3.8) is 0 Å². The second kappa shape index (κ2) is 11.0. The van der Waals surface area contributed by atoms with Crippen LogP contribution in [0.1, 0.15) is 92.9 Å². The first-order chi connectivity index (χ1) is 17.5. The average molecular weight is 509 g/mol. The van der Waals surface area contributed by atoms with Crippen LogP contribution in [0.2, 0.25) is 0 Å². The number of rotatable bonds is 8. The Kier molecular flexibility index (Phi) is 8.20. The van der Waals surface area contributed by atoms with E-state index in [4.69, 9.17) is 0 Å². The fraction of sp³-hybridized carbons (Fsp3) is 0.548. The van der Waals surface area contributed by atoms with Crippen LogP contribution in [0.25, 0.3) is 0 Å². The van der Waals surface area contributed by atoms with E-state index in [-0.39, 0.29) is 40.9 Å². The highest BCUT2D eigenvalue weighted by Gasteiger charge is 2.47. The van der Waals surface area contributed by atoms with Crippen molar-refractivity contribution in [3.8, 4) is 0 Å². The minimum Gasteiger partial charge on any atom is -0.390 e. The van der Waals surface area contributed by atoms with E-state index >= 15 is 0 Å². The van der Waals surface area contributed by atoms with Crippen LogP contribution in [0.15, 0.2) is 42.5 Å². The third-order valence-electron chi connectivity index (χ3n) is 7.90. The van der Waals surface area contributed by atoms with E-state index in [0.29, 0.717) is 6.42 Å². The highest BCUT2D eigenvalue weighted by molar-refractivity contribution is 6.03. The van der Waals surface area contributed by atoms with Crippen molar-refractivity contribution >= 4 is 11.7 Å². The van der Waals surface area contributed by atoms with Crippen LogP contribution in [0.3, 0.4) is 0 Å². The first-order valence-corrected chi connectivity index (χ1v) is 13.6. The topological polar surface area (TPSA) is 78.4 Å². The van der Waals surface area contributed by atoms with Gasteiger partial charge in [0.05, 0.1) is 12.1 Å². The molecule has 2 aromatic rings. The Morgan fingerprint density at radius 1 is 1.11 bits per heavy atom. The molecule has 37 heavy (non-hydrogen) atoms. The number of aliphatic hydroxyl groups is 1. The maximum Gasteiger partial charge on any atom is 0.217 e. The zero-order valence-corrected chi connectivity index (χ0v) is 22.6. The first kappa shape index (κ1) is 27.5. The van der Waals surface area contributed by atoms with Gasteiger partial charge >= 0.3 is 0 Å². The van der Waals surface area contributed by atoms with Crippen molar-refractivity contribution < 1.29 is 19.1 Å². The van der Waals surface area contributed by atoms with Gasteiger partial charge in [0.15, 0.2) is 5.78 Å². The van der Waals surface area contributed by atoms with E-state index in [1.807, 2.05) is 6.07 Å². The van der Waals surface area contributed by atoms with Gasteiger partial charge in [0, 0.05) is 30.5 Å². The quantitative estimate of drug-likeness (QED) is 0.452. The lowest BCUT2D eigenvalue weighted by Crippen LogP contribution is -2.49. The van der Waals surface area contributed by atoms with Crippen LogP contribution < -0.4 is 10.6 Å². The first-order valence-electron chi connectivity index (χ1n) is 13.6. The van der Waals surface area contributed by atoms with Gasteiger partial charge in [0.2, 0.25) is 5.91 Å². The van der Waals surface area contributed by atoms with Gasteiger partial charge in [-0.2, -0.15) is 0 Å². The zero-order chi connectivity index (χ0) is 26.8. The van der Waals surface area contributed by atoms with Gasteiger partial charge in [-0.3, -0.25) is 9.59 Å². The van der Waals surface area contributed by atoms with Crippen LogP contribution in [0.4, 0.5) is 4.39 Å². The van der Waals surface area contributed by atoms with Gasteiger partial charge < -0.3 is 15.7 Å². The van der Waals surface area contributed by atoms with Gasteiger partial charge in [0.25, 0.3) is 0 Å². The second-order valence-electron chi connectivity index (χ2n) is 12.3. The molecule has 0 saturated heterocycles. The Balaban J connectivity index is 1.55. The third-order valence-corrected chi connectivity index (χ3v) is 7.90. The summed E-state index contributed by atoms with van der Waals surface area (Å²) in [5.74, 6) is -0.274. The predicted molar refractivity (Wildman–Crippen MR) is 144 cm³/mol. The van der Waals surface area contributed by atoms with E-state index < -0.39 is 12.1 Å². The fourth-order valence-electron chi connectivity index (χ4n) is 6.20. The molecule has 200 valence electrons. The van der Waals surface area contributed by atoms with Crippen molar-refractivity contribution in [2.45, 2.75) is 90.8 Å². The molecule has 2 aromatic carbocycles. The average Bonchev–Trinajstić information content (AvgIpc) is 3.29. The number of halogens is 1. The summed E-state index contributed by atoms with van der Waals surface area (Å²) in [4.78, 5) is 25.5. The third kappa shape index (κ3) is 6.66. The molecule has 0 bridgehead atoms. The highest BCUT2D eigenvalue weighted by atomic mass is 19.1. The number of aliphatic hydroxyl groups excluding tert-OH is 1. The summed E-state index contributed by atoms with van der Waals surface area (Å²) in [6.07, 6.45) is 5.14. The Morgan fingerprint density at radius 3 is 2.38 bits per heavy atom. The number of benzene rings is 2. The molecular weight excluding hydrogens is 467 g/mol. The molecule has 2 aliphatic rings. The number of ketones is 1. The number of nitrogens with one attached hydrogen (secondary N) is 2. The number of fused-ring (bicyclic) bond motifs is 1. The SMILES string of the molecule is CC(=O)N[C@@H](Cc1ccc(F)cc1)[C@@H](O)CN[C@@H]1CC2(CCCC2)C(=O)c2ccc(CC(C)(C)C)cc21. The predicted octanol–water partition coefficient (Wildman–Crippen LogP) is 5.30. The standard InChI is InChI=1S/C31H41FN2O3/c1-20(35)34-26(16-21-7-10-23(32)11-8-21)28(36)19-33-27-18-31(13-5-6-14-31)29(37)24-12-9-22(15-25(24)27)17-30(2,3)4/h7-12,15,26-28,33,36H,5-6,13-14,16-19H2,1-4H3,(H,34,35)/t26-,27+,28-/m0/s1. The summed E-state index contributed by atoms with van der Waals surface area (Å²) in [5.41, 5.74) is 3.68. The number of amides is 1. The van der Waals surface area contributed by atoms with Crippen LogP contribution in [-0.4, -0.2) is 35.5 Å². The summed E-state index contributed by atoms with van der Waals surface area (Å²) < 4.78 is 13.4. The lowest BCUT2D eigenvalue weighted by Gasteiger charge is -2.39. The van der Waals surface area contributed by atoms with Crippen LogP contribution in [-0.2, 0) is 17.6 Å². The van der Waals surface area contributed by atoms with E-state index in [2.05, 4.69) is 43.5 Å². The van der Waals surface area contributed by atoms with Gasteiger partial charge in [0.1, 0.15) is 5.82 Å². The van der Waals surface area contributed by atoms with Crippen molar-refractivity contribution in [1.82, 2.24) is 10.6 Å². The van der Waals surface area contributed by atoms with Gasteiger partial charge in [-0.1, -0.05) is 63.9 Å². The molecule has 0 aliphatic heterocycles. The molecule has 0 radical (unpaired) electrons.